The fraction of sp³-hybridized carbons (Fsp3) is 0.133. The first-order valence-electron chi connectivity index (χ1n) is 5.74. The van der Waals surface area contributed by atoms with E-state index in [-0.39, 0.29) is 5.82 Å². The maximum absolute atomic E-state index is 13.6. The van der Waals surface area contributed by atoms with E-state index in [1.165, 1.54) is 6.07 Å². The van der Waals surface area contributed by atoms with Crippen molar-refractivity contribution < 1.29 is 13.9 Å². The number of ether oxygens (including phenoxy) is 1. The van der Waals surface area contributed by atoms with E-state index in [4.69, 9.17) is 4.74 Å². The van der Waals surface area contributed by atoms with Crippen LogP contribution < -0.4 is 0 Å². The van der Waals surface area contributed by atoms with Gasteiger partial charge in [0.05, 0.1) is 12.2 Å². The monoisotopic (exact) mass is 244 g/mol. The lowest BCUT2D eigenvalue weighted by Gasteiger charge is -2.06. The third-order valence-electron chi connectivity index (χ3n) is 2.56. The molecule has 0 aliphatic heterocycles. The first-order valence-corrected chi connectivity index (χ1v) is 5.74. The number of hydrogen-bond acceptors (Lipinski definition) is 2. The highest BCUT2D eigenvalue weighted by atomic mass is 19.1. The lowest BCUT2D eigenvalue weighted by Crippen LogP contribution is -2.04. The zero-order chi connectivity index (χ0) is 13.0. The second-order valence-corrected chi connectivity index (χ2v) is 3.78. The number of carbonyl (C=O) groups is 1. The lowest BCUT2D eigenvalue weighted by atomic mass is 10.0. The Morgan fingerprint density at radius 1 is 1.17 bits per heavy atom. The second kappa shape index (κ2) is 5.45. The lowest BCUT2D eigenvalue weighted by molar-refractivity contribution is 0.0526. The van der Waals surface area contributed by atoms with Crippen molar-refractivity contribution in [2.24, 2.45) is 0 Å². The molecular weight excluding hydrogens is 231 g/mol. The Balaban J connectivity index is 2.39. The molecule has 0 heterocycles. The van der Waals surface area contributed by atoms with Crippen molar-refractivity contribution in [3.05, 3.63) is 59.9 Å². The van der Waals surface area contributed by atoms with Crippen LogP contribution >= 0.6 is 0 Å². The fourth-order valence-corrected chi connectivity index (χ4v) is 1.72. The highest BCUT2D eigenvalue weighted by molar-refractivity contribution is 5.91. The van der Waals surface area contributed by atoms with Gasteiger partial charge in [-0.05, 0) is 30.7 Å². The fourth-order valence-electron chi connectivity index (χ4n) is 1.72. The van der Waals surface area contributed by atoms with Crippen LogP contribution in [-0.2, 0) is 4.74 Å². The van der Waals surface area contributed by atoms with Gasteiger partial charge < -0.3 is 4.74 Å². The van der Waals surface area contributed by atoms with Crippen LogP contribution in [0.4, 0.5) is 4.39 Å². The maximum atomic E-state index is 13.6. The average molecular weight is 244 g/mol. The van der Waals surface area contributed by atoms with Gasteiger partial charge in [-0.15, -0.1) is 0 Å². The molecule has 18 heavy (non-hydrogen) atoms. The molecule has 0 aliphatic rings. The van der Waals surface area contributed by atoms with Gasteiger partial charge in [0.15, 0.2) is 0 Å². The van der Waals surface area contributed by atoms with Crippen LogP contribution in [0.5, 0.6) is 0 Å². The molecule has 92 valence electrons. The summed E-state index contributed by atoms with van der Waals surface area (Å²) in [6.07, 6.45) is 0. The van der Waals surface area contributed by atoms with E-state index in [1.54, 1.807) is 49.4 Å². The molecular formula is C15H13FO2. The van der Waals surface area contributed by atoms with Gasteiger partial charge in [-0.25, -0.2) is 9.18 Å². The number of benzene rings is 2. The Labute approximate surface area is 105 Å². The van der Waals surface area contributed by atoms with E-state index in [0.29, 0.717) is 23.3 Å². The number of rotatable bonds is 3. The summed E-state index contributed by atoms with van der Waals surface area (Å²) in [5, 5.41) is 0. The second-order valence-electron chi connectivity index (χ2n) is 3.78. The first-order chi connectivity index (χ1) is 8.72. The molecule has 0 aliphatic carbocycles. The van der Waals surface area contributed by atoms with Gasteiger partial charge in [-0.2, -0.15) is 0 Å². The zero-order valence-corrected chi connectivity index (χ0v) is 10.0. The summed E-state index contributed by atoms with van der Waals surface area (Å²) in [6.45, 7) is 2.07. The molecule has 0 N–H and O–H groups in total. The normalized spacial score (nSPS) is 10.1. The molecule has 2 nitrogen and oxygen atoms in total. The maximum Gasteiger partial charge on any atom is 0.338 e. The van der Waals surface area contributed by atoms with Crippen molar-refractivity contribution >= 4 is 5.97 Å². The average Bonchev–Trinajstić information content (AvgIpc) is 2.40. The van der Waals surface area contributed by atoms with Crippen LogP contribution in [0.15, 0.2) is 48.5 Å². The Bertz CT molecular complexity index is 564. The van der Waals surface area contributed by atoms with Gasteiger partial charge in [0, 0.05) is 5.56 Å². The van der Waals surface area contributed by atoms with Gasteiger partial charge in [0.2, 0.25) is 0 Å². The molecule has 0 spiro atoms. The predicted molar refractivity (Wildman–Crippen MR) is 67.8 cm³/mol. The van der Waals surface area contributed by atoms with E-state index in [2.05, 4.69) is 0 Å². The van der Waals surface area contributed by atoms with E-state index in [1.807, 2.05) is 0 Å². The molecule has 2 aromatic carbocycles. The van der Waals surface area contributed by atoms with Crippen molar-refractivity contribution in [2.75, 3.05) is 6.61 Å². The quantitative estimate of drug-likeness (QED) is 0.770. The van der Waals surface area contributed by atoms with Crippen LogP contribution in [0.25, 0.3) is 11.1 Å². The Morgan fingerprint density at radius 2 is 1.94 bits per heavy atom. The molecule has 0 bridgehead atoms. The Morgan fingerprint density at radius 3 is 2.67 bits per heavy atom. The van der Waals surface area contributed by atoms with E-state index in [0.717, 1.165) is 0 Å². The minimum atomic E-state index is -0.393. The molecule has 0 saturated carbocycles. The molecule has 0 amide bonds. The minimum Gasteiger partial charge on any atom is -0.462 e. The van der Waals surface area contributed by atoms with Gasteiger partial charge in [0.1, 0.15) is 5.82 Å². The Kier molecular flexibility index (Phi) is 3.72. The standard InChI is InChI=1S/C15H13FO2/c1-2-18-15(17)12-7-5-6-11(10-12)13-8-3-4-9-14(13)16/h3-10H,2H2,1H3. The summed E-state index contributed by atoms with van der Waals surface area (Å²) in [4.78, 5) is 11.6. The summed E-state index contributed by atoms with van der Waals surface area (Å²) in [5.74, 6) is -0.700. The summed E-state index contributed by atoms with van der Waals surface area (Å²) in [7, 11) is 0. The molecule has 3 heteroatoms. The summed E-state index contributed by atoms with van der Waals surface area (Å²) in [6, 6.07) is 13.2. The smallest absolute Gasteiger partial charge is 0.338 e. The highest BCUT2D eigenvalue weighted by Gasteiger charge is 2.09. The van der Waals surface area contributed by atoms with Crippen molar-refractivity contribution in [1.82, 2.24) is 0 Å². The van der Waals surface area contributed by atoms with Crippen molar-refractivity contribution in [3.8, 4) is 11.1 Å². The van der Waals surface area contributed by atoms with E-state index >= 15 is 0 Å². The molecule has 2 aromatic rings. The third-order valence-corrected chi connectivity index (χ3v) is 2.56. The number of hydrogen-bond donors (Lipinski definition) is 0. The van der Waals surface area contributed by atoms with Gasteiger partial charge in [-0.1, -0.05) is 30.3 Å². The summed E-state index contributed by atoms with van der Waals surface area (Å²) in [5.41, 5.74) is 1.57. The van der Waals surface area contributed by atoms with Gasteiger partial charge in [-0.3, -0.25) is 0 Å². The van der Waals surface area contributed by atoms with Gasteiger partial charge >= 0.3 is 5.97 Å². The molecule has 0 radical (unpaired) electrons. The number of halogens is 1. The molecule has 0 unspecified atom stereocenters. The molecule has 0 fully saturated rings. The largest absolute Gasteiger partial charge is 0.462 e. The van der Waals surface area contributed by atoms with Crippen LogP contribution in [0.2, 0.25) is 0 Å². The predicted octanol–water partition coefficient (Wildman–Crippen LogP) is 3.67. The van der Waals surface area contributed by atoms with Crippen molar-refractivity contribution in [1.29, 1.82) is 0 Å². The van der Waals surface area contributed by atoms with Crippen LogP contribution in [0, 0.1) is 5.82 Å². The third kappa shape index (κ3) is 2.56. The number of carbonyl (C=O) groups excluding carboxylic acids is 1. The summed E-state index contributed by atoms with van der Waals surface area (Å²) >= 11 is 0. The number of esters is 1. The first kappa shape index (κ1) is 12.3. The van der Waals surface area contributed by atoms with E-state index in [9.17, 15) is 9.18 Å². The van der Waals surface area contributed by atoms with Crippen LogP contribution in [-0.4, -0.2) is 12.6 Å². The molecule has 2 rings (SSSR count). The molecule has 0 saturated heterocycles. The molecule has 0 aromatic heterocycles. The van der Waals surface area contributed by atoms with Crippen molar-refractivity contribution in [2.45, 2.75) is 6.92 Å². The summed E-state index contributed by atoms with van der Waals surface area (Å²) < 4.78 is 18.6. The van der Waals surface area contributed by atoms with Crippen LogP contribution in [0.3, 0.4) is 0 Å². The molecule has 0 atom stereocenters. The minimum absolute atomic E-state index is 0.307. The van der Waals surface area contributed by atoms with Crippen molar-refractivity contribution in [3.63, 3.8) is 0 Å². The Hall–Kier alpha value is -2.16. The van der Waals surface area contributed by atoms with E-state index < -0.39 is 5.97 Å². The van der Waals surface area contributed by atoms with Crippen LogP contribution in [0.1, 0.15) is 17.3 Å². The topological polar surface area (TPSA) is 26.3 Å². The highest BCUT2D eigenvalue weighted by Crippen LogP contribution is 2.23. The van der Waals surface area contributed by atoms with Gasteiger partial charge in [0.25, 0.3) is 0 Å². The zero-order valence-electron chi connectivity index (χ0n) is 10.0. The SMILES string of the molecule is CCOC(=O)c1cccc(-c2ccccc2F)c1.